The predicted molar refractivity (Wildman–Crippen MR) is 63.8 cm³/mol. The van der Waals surface area contributed by atoms with Crippen molar-refractivity contribution in [2.75, 3.05) is 13.1 Å². The fraction of sp³-hybridized carbons (Fsp3) is 0.700. The SMILES string of the molecule is Cc1ncc(S(=O)(=O)N2CC(N)(C(C)C)C2)[nH]1. The standard InChI is InChI=1S/C10H18N4O2S/c1-7(2)10(11)5-14(6-10)17(15,16)9-4-12-8(3)13-9/h4,7H,5-6,11H2,1-3H3,(H,12,13). The molecule has 0 saturated carbocycles. The summed E-state index contributed by atoms with van der Waals surface area (Å²) in [4.78, 5) is 6.64. The molecule has 0 unspecified atom stereocenters. The number of rotatable bonds is 3. The van der Waals surface area contributed by atoms with Crippen LogP contribution in [0.5, 0.6) is 0 Å². The maximum absolute atomic E-state index is 12.1. The highest BCUT2D eigenvalue weighted by Crippen LogP contribution is 2.30. The zero-order valence-electron chi connectivity index (χ0n) is 10.3. The van der Waals surface area contributed by atoms with E-state index in [0.29, 0.717) is 18.9 Å². The first-order valence-electron chi connectivity index (χ1n) is 5.56. The summed E-state index contributed by atoms with van der Waals surface area (Å²) in [7, 11) is -3.45. The van der Waals surface area contributed by atoms with E-state index < -0.39 is 15.6 Å². The third-order valence-electron chi connectivity index (χ3n) is 3.39. The molecular formula is C10H18N4O2S. The lowest BCUT2D eigenvalue weighted by Gasteiger charge is -2.48. The number of aryl methyl sites for hydroxylation is 1. The second-order valence-electron chi connectivity index (χ2n) is 4.99. The van der Waals surface area contributed by atoms with Gasteiger partial charge in [0.1, 0.15) is 5.82 Å². The van der Waals surface area contributed by atoms with Crippen molar-refractivity contribution < 1.29 is 8.42 Å². The van der Waals surface area contributed by atoms with Crippen LogP contribution in [0.4, 0.5) is 0 Å². The molecule has 1 aliphatic heterocycles. The van der Waals surface area contributed by atoms with Gasteiger partial charge < -0.3 is 10.7 Å². The van der Waals surface area contributed by atoms with E-state index in [1.54, 1.807) is 6.92 Å². The van der Waals surface area contributed by atoms with E-state index in [1.807, 2.05) is 13.8 Å². The van der Waals surface area contributed by atoms with Crippen LogP contribution in [0.2, 0.25) is 0 Å². The van der Waals surface area contributed by atoms with Crippen LogP contribution in [0.25, 0.3) is 0 Å². The molecule has 1 fully saturated rings. The van der Waals surface area contributed by atoms with E-state index in [2.05, 4.69) is 9.97 Å². The molecule has 2 rings (SSSR count). The lowest BCUT2D eigenvalue weighted by Crippen LogP contribution is -2.70. The fourth-order valence-corrected chi connectivity index (χ4v) is 3.38. The van der Waals surface area contributed by atoms with E-state index in [0.717, 1.165) is 0 Å². The Morgan fingerprint density at radius 3 is 2.53 bits per heavy atom. The summed E-state index contributed by atoms with van der Waals surface area (Å²) in [5.41, 5.74) is 5.68. The van der Waals surface area contributed by atoms with Crippen LogP contribution >= 0.6 is 0 Å². The molecule has 17 heavy (non-hydrogen) atoms. The van der Waals surface area contributed by atoms with Crippen molar-refractivity contribution in [3.05, 3.63) is 12.0 Å². The van der Waals surface area contributed by atoms with Gasteiger partial charge in [-0.05, 0) is 12.8 Å². The number of hydrogen-bond donors (Lipinski definition) is 2. The van der Waals surface area contributed by atoms with Crippen molar-refractivity contribution in [1.29, 1.82) is 0 Å². The average Bonchev–Trinajstić information content (AvgIpc) is 2.60. The summed E-state index contributed by atoms with van der Waals surface area (Å²) in [6.07, 6.45) is 1.34. The number of H-pyrrole nitrogens is 1. The van der Waals surface area contributed by atoms with Gasteiger partial charge in [0.2, 0.25) is 0 Å². The zero-order chi connectivity index (χ0) is 12.8. The molecule has 96 valence electrons. The van der Waals surface area contributed by atoms with Gasteiger partial charge in [0, 0.05) is 18.6 Å². The molecule has 0 spiro atoms. The van der Waals surface area contributed by atoms with Gasteiger partial charge in [0.15, 0.2) is 5.03 Å². The Balaban J connectivity index is 2.16. The van der Waals surface area contributed by atoms with Crippen molar-refractivity contribution >= 4 is 10.0 Å². The summed E-state index contributed by atoms with van der Waals surface area (Å²) < 4.78 is 25.7. The minimum atomic E-state index is -3.45. The molecule has 6 nitrogen and oxygen atoms in total. The molecule has 7 heteroatoms. The highest BCUT2D eigenvalue weighted by molar-refractivity contribution is 7.89. The van der Waals surface area contributed by atoms with Crippen molar-refractivity contribution in [3.8, 4) is 0 Å². The highest BCUT2D eigenvalue weighted by Gasteiger charge is 2.48. The van der Waals surface area contributed by atoms with Gasteiger partial charge in [-0.25, -0.2) is 13.4 Å². The smallest absolute Gasteiger partial charge is 0.260 e. The van der Waals surface area contributed by atoms with E-state index in [4.69, 9.17) is 5.73 Å². The molecule has 2 heterocycles. The molecule has 0 aromatic carbocycles. The molecule has 0 radical (unpaired) electrons. The number of aromatic nitrogens is 2. The van der Waals surface area contributed by atoms with Crippen molar-refractivity contribution in [2.45, 2.75) is 31.3 Å². The second-order valence-corrected chi connectivity index (χ2v) is 6.90. The first kappa shape index (κ1) is 12.5. The first-order chi connectivity index (χ1) is 7.75. The van der Waals surface area contributed by atoms with Gasteiger partial charge in [-0.1, -0.05) is 13.8 Å². The fourth-order valence-electron chi connectivity index (χ4n) is 1.81. The molecule has 1 aliphatic rings. The molecule has 3 N–H and O–H groups in total. The van der Waals surface area contributed by atoms with Gasteiger partial charge in [-0.3, -0.25) is 0 Å². The normalized spacial score (nSPS) is 20.5. The Bertz CT molecular complexity index is 514. The van der Waals surface area contributed by atoms with Crippen LogP contribution in [0, 0.1) is 12.8 Å². The van der Waals surface area contributed by atoms with Crippen LogP contribution < -0.4 is 5.73 Å². The second kappa shape index (κ2) is 3.79. The molecule has 0 amide bonds. The summed E-state index contributed by atoms with van der Waals surface area (Å²) in [5, 5.41) is 0.140. The van der Waals surface area contributed by atoms with Gasteiger partial charge in [-0.2, -0.15) is 4.31 Å². The molecule has 0 aliphatic carbocycles. The van der Waals surface area contributed by atoms with E-state index in [9.17, 15) is 8.42 Å². The Labute approximate surface area is 101 Å². The van der Waals surface area contributed by atoms with Crippen LogP contribution in [0.3, 0.4) is 0 Å². The van der Waals surface area contributed by atoms with Crippen LogP contribution in [0.15, 0.2) is 11.2 Å². The minimum absolute atomic E-state index is 0.140. The summed E-state index contributed by atoms with van der Waals surface area (Å²) in [5.74, 6) is 0.851. The van der Waals surface area contributed by atoms with Gasteiger partial charge in [0.05, 0.1) is 6.20 Å². The van der Waals surface area contributed by atoms with Crippen LogP contribution in [-0.4, -0.2) is 41.3 Å². The van der Waals surface area contributed by atoms with Crippen LogP contribution in [0.1, 0.15) is 19.7 Å². The summed E-state index contributed by atoms with van der Waals surface area (Å²) >= 11 is 0. The molecule has 0 atom stereocenters. The molecule has 1 aromatic heterocycles. The number of aromatic amines is 1. The van der Waals surface area contributed by atoms with Crippen molar-refractivity contribution in [2.24, 2.45) is 11.7 Å². The topological polar surface area (TPSA) is 92.1 Å². The van der Waals surface area contributed by atoms with Gasteiger partial charge in [0.25, 0.3) is 10.0 Å². The zero-order valence-corrected chi connectivity index (χ0v) is 11.1. The van der Waals surface area contributed by atoms with Crippen molar-refractivity contribution in [3.63, 3.8) is 0 Å². The Morgan fingerprint density at radius 1 is 1.53 bits per heavy atom. The number of sulfonamides is 1. The molecule has 1 aromatic rings. The third kappa shape index (κ3) is 1.98. The molecular weight excluding hydrogens is 240 g/mol. The lowest BCUT2D eigenvalue weighted by molar-refractivity contribution is 0.110. The number of nitrogens with two attached hydrogens (primary N) is 1. The quantitative estimate of drug-likeness (QED) is 0.803. The lowest BCUT2D eigenvalue weighted by atomic mass is 9.82. The average molecular weight is 258 g/mol. The van der Waals surface area contributed by atoms with E-state index in [-0.39, 0.29) is 10.9 Å². The van der Waals surface area contributed by atoms with Gasteiger partial charge in [-0.15, -0.1) is 0 Å². The van der Waals surface area contributed by atoms with E-state index >= 15 is 0 Å². The largest absolute Gasteiger partial charge is 0.332 e. The molecule has 1 saturated heterocycles. The summed E-state index contributed by atoms with van der Waals surface area (Å²) in [6.45, 7) is 6.46. The van der Waals surface area contributed by atoms with Crippen LogP contribution in [-0.2, 0) is 10.0 Å². The highest BCUT2D eigenvalue weighted by atomic mass is 32.2. The third-order valence-corrected chi connectivity index (χ3v) is 5.09. The number of hydrogen-bond acceptors (Lipinski definition) is 4. The first-order valence-corrected chi connectivity index (χ1v) is 7.00. The maximum atomic E-state index is 12.1. The Kier molecular flexibility index (Phi) is 2.80. The van der Waals surface area contributed by atoms with Crippen molar-refractivity contribution in [1.82, 2.24) is 14.3 Å². The minimum Gasteiger partial charge on any atom is -0.332 e. The van der Waals surface area contributed by atoms with E-state index in [1.165, 1.54) is 10.5 Å². The summed E-state index contributed by atoms with van der Waals surface area (Å²) in [6, 6.07) is 0. The Hall–Kier alpha value is -0.920. The molecule has 0 bridgehead atoms. The number of nitrogens with zero attached hydrogens (tertiary/aromatic N) is 2. The monoisotopic (exact) mass is 258 g/mol. The number of nitrogens with one attached hydrogen (secondary N) is 1. The maximum Gasteiger partial charge on any atom is 0.260 e. The number of imidazole rings is 1. The van der Waals surface area contributed by atoms with Gasteiger partial charge >= 0.3 is 0 Å². The Morgan fingerprint density at radius 2 is 2.12 bits per heavy atom. The predicted octanol–water partition coefficient (Wildman–Crippen LogP) is 0.0759.